The fourth-order valence-corrected chi connectivity index (χ4v) is 3.42. The van der Waals surface area contributed by atoms with Gasteiger partial charge in [0.15, 0.2) is 0 Å². The van der Waals surface area contributed by atoms with Crippen LogP contribution in [0.5, 0.6) is 5.75 Å². The second kappa shape index (κ2) is 5.83. The van der Waals surface area contributed by atoms with E-state index in [4.69, 9.17) is 16.3 Å². The topological polar surface area (TPSA) is 46.0 Å². The molecule has 0 saturated heterocycles. The number of benzene rings is 2. The summed E-state index contributed by atoms with van der Waals surface area (Å²) >= 11 is 6.21. The molecule has 20 heavy (non-hydrogen) atoms. The Labute approximate surface area is 127 Å². The number of fused-ring (bicyclic) bond motifs is 1. The molecule has 1 N–H and O–H groups in total. The summed E-state index contributed by atoms with van der Waals surface area (Å²) in [7, 11) is 1.64. The summed E-state index contributed by atoms with van der Waals surface area (Å²) in [4.78, 5) is 0. The fourth-order valence-electron chi connectivity index (χ4n) is 2.03. The van der Waals surface area contributed by atoms with Crippen LogP contribution >= 0.6 is 11.6 Å². The number of anilines is 1. The van der Waals surface area contributed by atoms with E-state index in [2.05, 4.69) is 13.2 Å². The normalized spacial score (nSPS) is 11.9. The summed E-state index contributed by atoms with van der Waals surface area (Å²) in [5, 5.41) is 4.06. The number of nitrogens with one attached hydrogen (secondary N) is 1. The third-order valence-electron chi connectivity index (χ3n) is 3.04. The van der Waals surface area contributed by atoms with Gasteiger partial charge in [-0.2, -0.15) is 0 Å². The molecule has 6 heteroatoms. The second-order valence-electron chi connectivity index (χ2n) is 4.21. The van der Waals surface area contributed by atoms with E-state index in [0.717, 1.165) is 28.4 Å². The molecule has 0 radical (unpaired) electrons. The average Bonchev–Trinajstić information content (AvgIpc) is 2.94. The van der Waals surface area contributed by atoms with Crippen molar-refractivity contribution in [2.24, 2.45) is 7.92 Å². The van der Waals surface area contributed by atoms with Gasteiger partial charge < -0.3 is 0 Å². The second-order valence-corrected chi connectivity index (χ2v) is 5.73. The summed E-state index contributed by atoms with van der Waals surface area (Å²) < 4.78 is 14.2. The maximum absolute atomic E-state index is 6.23. The molecule has 0 aliphatic carbocycles. The molecule has 0 fully saturated rings. The molecule has 3 rings (SSSR count). The first-order valence-corrected chi connectivity index (χ1v) is 7.97. The van der Waals surface area contributed by atoms with E-state index in [1.165, 1.54) is 0 Å². The zero-order chi connectivity index (χ0) is 13.9. The van der Waals surface area contributed by atoms with Gasteiger partial charge in [0.2, 0.25) is 0 Å². The van der Waals surface area contributed by atoms with Crippen LogP contribution in [0.4, 0.5) is 17.1 Å². The van der Waals surface area contributed by atoms with Crippen LogP contribution in [0.3, 0.4) is 0 Å². The quantitative estimate of drug-likeness (QED) is 0.711. The van der Waals surface area contributed by atoms with Crippen LogP contribution < -0.4 is 10.1 Å². The Morgan fingerprint density at radius 3 is 2.90 bits per heavy atom. The number of halogens is 1. The van der Waals surface area contributed by atoms with Crippen LogP contribution in [0.25, 0.3) is 0 Å². The summed E-state index contributed by atoms with van der Waals surface area (Å²) in [6.07, 6.45) is 0. The Morgan fingerprint density at radius 1 is 1.20 bits per heavy atom. The van der Waals surface area contributed by atoms with E-state index in [9.17, 15) is 0 Å². The van der Waals surface area contributed by atoms with E-state index in [-0.39, 0.29) is 14.6 Å². The first-order chi connectivity index (χ1) is 9.79. The molecular formula is C14H12ClN3OSe. The number of hydrogen-bond acceptors (Lipinski definition) is 4. The number of ether oxygens (including phenoxy) is 1. The zero-order valence-electron chi connectivity index (χ0n) is 10.8. The summed E-state index contributed by atoms with van der Waals surface area (Å²) in [6, 6.07) is 11.6. The predicted octanol–water partition coefficient (Wildman–Crippen LogP) is 4.31. The van der Waals surface area contributed by atoms with Gasteiger partial charge in [-0.25, -0.2) is 0 Å². The van der Waals surface area contributed by atoms with Crippen molar-refractivity contribution in [1.82, 2.24) is 0 Å². The van der Waals surface area contributed by atoms with Gasteiger partial charge in [0.25, 0.3) is 0 Å². The standard InChI is InChI=1S/C14H12ClN3OSe/c1-19-13-7-2-4-10(15)9(13)8-16-11-5-3-6-12-14(11)18-20-17-12/h2-7,16H,8H2,1H3. The van der Waals surface area contributed by atoms with Gasteiger partial charge >= 0.3 is 128 Å². The number of methoxy groups -OCH3 is 1. The minimum atomic E-state index is -0.0256. The number of hydrogen-bond donors (Lipinski definition) is 1. The van der Waals surface area contributed by atoms with Crippen molar-refractivity contribution in [1.29, 1.82) is 0 Å². The number of nitrogens with zero attached hydrogens (tertiary/aromatic N) is 2. The molecule has 0 saturated carbocycles. The van der Waals surface area contributed by atoms with Crippen LogP contribution in [0.15, 0.2) is 44.3 Å². The molecule has 4 nitrogen and oxygen atoms in total. The van der Waals surface area contributed by atoms with Crippen molar-refractivity contribution in [2.45, 2.75) is 6.54 Å². The van der Waals surface area contributed by atoms with E-state index < -0.39 is 0 Å². The molecule has 0 unspecified atom stereocenters. The Bertz CT molecular complexity index is 726. The third-order valence-corrected chi connectivity index (χ3v) is 4.53. The molecule has 1 heterocycles. The van der Waals surface area contributed by atoms with Crippen molar-refractivity contribution in [2.75, 3.05) is 12.4 Å². The molecular weight excluding hydrogens is 341 g/mol. The molecule has 1 aliphatic heterocycles. The van der Waals surface area contributed by atoms with E-state index >= 15 is 0 Å². The molecule has 2 aromatic carbocycles. The van der Waals surface area contributed by atoms with Crippen LogP contribution in [0.2, 0.25) is 5.02 Å². The van der Waals surface area contributed by atoms with E-state index in [0.29, 0.717) is 11.6 Å². The molecule has 2 aromatic rings. The monoisotopic (exact) mass is 353 g/mol. The van der Waals surface area contributed by atoms with Gasteiger partial charge in [0.05, 0.1) is 0 Å². The van der Waals surface area contributed by atoms with Gasteiger partial charge in [-0.15, -0.1) is 0 Å². The Hall–Kier alpha value is -1.55. The van der Waals surface area contributed by atoms with Crippen molar-refractivity contribution in [3.05, 3.63) is 47.0 Å². The van der Waals surface area contributed by atoms with Gasteiger partial charge in [-0.3, -0.25) is 0 Å². The molecule has 0 bridgehead atoms. The Balaban J connectivity index is 1.85. The van der Waals surface area contributed by atoms with Crippen LogP contribution in [-0.2, 0) is 6.54 Å². The van der Waals surface area contributed by atoms with Crippen molar-refractivity contribution in [3.63, 3.8) is 0 Å². The zero-order valence-corrected chi connectivity index (χ0v) is 13.2. The maximum atomic E-state index is 6.23. The molecule has 0 amide bonds. The molecule has 102 valence electrons. The number of rotatable bonds is 4. The van der Waals surface area contributed by atoms with Gasteiger partial charge in [-0.05, 0) is 0 Å². The van der Waals surface area contributed by atoms with Crippen LogP contribution in [0, 0.1) is 0 Å². The predicted molar refractivity (Wildman–Crippen MR) is 81.7 cm³/mol. The Kier molecular flexibility index (Phi) is 3.92. The molecule has 1 aliphatic rings. The first-order valence-electron chi connectivity index (χ1n) is 6.06. The van der Waals surface area contributed by atoms with E-state index in [1.807, 2.05) is 36.4 Å². The summed E-state index contributed by atoms with van der Waals surface area (Å²) in [5.41, 5.74) is 3.82. The first kappa shape index (κ1) is 13.4. The third kappa shape index (κ3) is 2.52. The summed E-state index contributed by atoms with van der Waals surface area (Å²) in [5.74, 6) is 0.781. The molecule has 0 spiro atoms. The van der Waals surface area contributed by atoms with Gasteiger partial charge in [0.1, 0.15) is 0 Å². The van der Waals surface area contributed by atoms with Crippen LogP contribution in [-0.4, -0.2) is 21.7 Å². The SMILES string of the molecule is COc1cccc(Cl)c1CNc1cccc2c1N=[Se]=N2. The minimum absolute atomic E-state index is 0.0256. The van der Waals surface area contributed by atoms with Crippen molar-refractivity contribution < 1.29 is 4.74 Å². The fraction of sp³-hybridized carbons (Fsp3) is 0.143. The van der Waals surface area contributed by atoms with Crippen molar-refractivity contribution in [3.8, 4) is 5.75 Å². The van der Waals surface area contributed by atoms with Gasteiger partial charge in [0, 0.05) is 0 Å². The van der Waals surface area contributed by atoms with E-state index in [1.54, 1.807) is 7.11 Å². The Morgan fingerprint density at radius 2 is 2.05 bits per heavy atom. The van der Waals surface area contributed by atoms with Gasteiger partial charge in [-0.1, -0.05) is 0 Å². The van der Waals surface area contributed by atoms with Crippen molar-refractivity contribution >= 4 is 43.2 Å². The molecule has 0 atom stereocenters. The average molecular weight is 353 g/mol. The van der Waals surface area contributed by atoms with Crippen LogP contribution in [0.1, 0.15) is 5.56 Å². The summed E-state index contributed by atoms with van der Waals surface area (Å²) in [6.45, 7) is 0.585. The molecule has 0 aromatic heterocycles.